The van der Waals surface area contributed by atoms with Crippen molar-refractivity contribution in [2.75, 3.05) is 6.54 Å². The Morgan fingerprint density at radius 1 is 0.857 bits per heavy atom. The summed E-state index contributed by atoms with van der Waals surface area (Å²) in [5.41, 5.74) is 0. The van der Waals surface area contributed by atoms with Crippen molar-refractivity contribution in [2.45, 2.75) is 142 Å². The molecule has 1 aliphatic heterocycles. The van der Waals surface area contributed by atoms with Gasteiger partial charge in [0, 0.05) is 0 Å². The van der Waals surface area contributed by atoms with Crippen molar-refractivity contribution in [1.82, 2.24) is 5.32 Å². The van der Waals surface area contributed by atoms with E-state index >= 15 is 0 Å². The van der Waals surface area contributed by atoms with Crippen molar-refractivity contribution in [3.05, 3.63) is 0 Å². The van der Waals surface area contributed by atoms with Crippen LogP contribution in [0.25, 0.3) is 0 Å². The number of carbonyl (C=O) groups excluding carboxylic acids is 1. The molecule has 2 atom stereocenters. The third-order valence-electron chi connectivity index (χ3n) is 5.77. The van der Waals surface area contributed by atoms with E-state index in [-0.39, 0.29) is 12.3 Å². The molecule has 0 radical (unpaired) electrons. The van der Waals surface area contributed by atoms with Gasteiger partial charge in [0.2, 0.25) is 0 Å². The van der Waals surface area contributed by atoms with Crippen LogP contribution in [0.4, 0.5) is 4.79 Å². The molecule has 0 amide bonds. The number of carbonyl (C=O) groups is 1. The van der Waals surface area contributed by atoms with Crippen LogP contribution in [0.2, 0.25) is 0 Å². The minimum absolute atomic E-state index is 0.0455. The zero-order valence-corrected chi connectivity index (χ0v) is 18.8. The normalized spacial score (nSPS) is 17.6. The first-order valence-corrected chi connectivity index (χ1v) is 12.3. The Labute approximate surface area is 174 Å². The lowest BCUT2D eigenvalue weighted by Gasteiger charge is -2.16. The number of nitrogens with one attached hydrogen (secondary N) is 1. The molecule has 4 nitrogen and oxygen atoms in total. The molecule has 0 spiro atoms. The summed E-state index contributed by atoms with van der Waals surface area (Å²) in [6.07, 6.45) is 22.8. The van der Waals surface area contributed by atoms with Gasteiger partial charge < -0.3 is 9.47 Å². The first kappa shape index (κ1) is 25.3. The number of hydrogen-bond donors (Lipinski definition) is 1. The van der Waals surface area contributed by atoms with E-state index in [2.05, 4.69) is 12.2 Å². The van der Waals surface area contributed by atoms with Crippen LogP contribution in [0, 0.1) is 0 Å². The fourth-order valence-electron chi connectivity index (χ4n) is 3.92. The molecule has 1 N–H and O–H groups in total. The van der Waals surface area contributed by atoms with Crippen LogP contribution < -0.4 is 5.32 Å². The van der Waals surface area contributed by atoms with Crippen LogP contribution >= 0.6 is 0 Å². The van der Waals surface area contributed by atoms with Gasteiger partial charge in [-0.1, -0.05) is 96.8 Å². The van der Waals surface area contributed by atoms with Gasteiger partial charge in [0.05, 0.1) is 0 Å². The van der Waals surface area contributed by atoms with E-state index in [0.717, 1.165) is 32.2 Å². The molecule has 1 aliphatic rings. The van der Waals surface area contributed by atoms with E-state index in [4.69, 9.17) is 9.47 Å². The van der Waals surface area contributed by atoms with Crippen LogP contribution in [0.3, 0.4) is 0 Å². The molecule has 0 aromatic rings. The van der Waals surface area contributed by atoms with E-state index in [1.54, 1.807) is 0 Å². The van der Waals surface area contributed by atoms with E-state index in [1.807, 2.05) is 6.92 Å². The first-order chi connectivity index (χ1) is 13.7. The first-order valence-electron chi connectivity index (χ1n) is 12.3. The van der Waals surface area contributed by atoms with Crippen LogP contribution in [-0.2, 0) is 9.47 Å². The highest BCUT2D eigenvalue weighted by Crippen LogP contribution is 2.15. The molecule has 1 rings (SSSR count). The van der Waals surface area contributed by atoms with Gasteiger partial charge in [-0.05, 0) is 39.2 Å². The molecule has 1 fully saturated rings. The number of hydrogen-bond acceptors (Lipinski definition) is 4. The lowest BCUT2D eigenvalue weighted by Crippen LogP contribution is -2.29. The van der Waals surface area contributed by atoms with E-state index in [0.29, 0.717) is 0 Å². The van der Waals surface area contributed by atoms with Gasteiger partial charge in [-0.25, -0.2) is 4.79 Å². The molecule has 0 bridgehead atoms. The van der Waals surface area contributed by atoms with Gasteiger partial charge in [0.25, 0.3) is 0 Å². The maximum atomic E-state index is 11.7. The fraction of sp³-hybridized carbons (Fsp3) is 0.958. The highest BCUT2D eigenvalue weighted by Gasteiger charge is 2.20. The molecule has 1 saturated heterocycles. The molecule has 0 aromatic carbocycles. The third kappa shape index (κ3) is 15.2. The maximum Gasteiger partial charge on any atom is 0.510 e. The average molecular weight is 398 g/mol. The summed E-state index contributed by atoms with van der Waals surface area (Å²) in [6.45, 7) is 5.17. The summed E-state index contributed by atoms with van der Waals surface area (Å²) >= 11 is 0. The van der Waals surface area contributed by atoms with Crippen molar-refractivity contribution in [3.8, 4) is 0 Å². The molecular weight excluding hydrogens is 350 g/mol. The SMILES string of the molecule is CCCCCCCCCCCCCCCCCC(C)OC(=O)OC1CCCN1. The van der Waals surface area contributed by atoms with E-state index < -0.39 is 6.16 Å². The van der Waals surface area contributed by atoms with Crippen molar-refractivity contribution in [3.63, 3.8) is 0 Å². The van der Waals surface area contributed by atoms with Gasteiger partial charge >= 0.3 is 6.16 Å². The average Bonchev–Trinajstić information content (AvgIpc) is 3.17. The van der Waals surface area contributed by atoms with E-state index in [1.165, 1.54) is 89.9 Å². The van der Waals surface area contributed by atoms with Crippen molar-refractivity contribution < 1.29 is 14.3 Å². The Morgan fingerprint density at radius 2 is 1.36 bits per heavy atom. The quantitative estimate of drug-likeness (QED) is 0.192. The van der Waals surface area contributed by atoms with Crippen LogP contribution in [0.5, 0.6) is 0 Å². The second-order valence-electron chi connectivity index (χ2n) is 8.62. The third-order valence-corrected chi connectivity index (χ3v) is 5.77. The van der Waals surface area contributed by atoms with Gasteiger partial charge in [0.1, 0.15) is 6.10 Å². The van der Waals surface area contributed by atoms with Crippen LogP contribution in [0.15, 0.2) is 0 Å². The largest absolute Gasteiger partial charge is 0.510 e. The van der Waals surface area contributed by atoms with Crippen molar-refractivity contribution in [1.29, 1.82) is 0 Å². The molecular formula is C24H47NO3. The predicted molar refractivity (Wildman–Crippen MR) is 118 cm³/mol. The Balaban J connectivity index is 1.76. The minimum atomic E-state index is -0.521. The zero-order chi connectivity index (χ0) is 20.3. The van der Waals surface area contributed by atoms with Gasteiger partial charge in [-0.3, -0.25) is 5.32 Å². The summed E-state index contributed by atoms with van der Waals surface area (Å²) in [4.78, 5) is 11.7. The second kappa shape index (κ2) is 18.3. The molecule has 28 heavy (non-hydrogen) atoms. The van der Waals surface area contributed by atoms with Crippen molar-refractivity contribution in [2.24, 2.45) is 0 Å². The van der Waals surface area contributed by atoms with E-state index in [9.17, 15) is 4.79 Å². The maximum absolute atomic E-state index is 11.7. The zero-order valence-electron chi connectivity index (χ0n) is 18.8. The molecule has 0 saturated carbocycles. The molecule has 4 heteroatoms. The Morgan fingerprint density at radius 3 is 1.82 bits per heavy atom. The number of ether oxygens (including phenoxy) is 2. The number of unbranched alkanes of at least 4 members (excludes halogenated alkanes) is 14. The number of rotatable bonds is 18. The molecule has 166 valence electrons. The Bertz CT molecular complexity index is 356. The van der Waals surface area contributed by atoms with Gasteiger partial charge in [0.15, 0.2) is 6.23 Å². The fourth-order valence-corrected chi connectivity index (χ4v) is 3.92. The topological polar surface area (TPSA) is 47.6 Å². The van der Waals surface area contributed by atoms with Crippen LogP contribution in [0.1, 0.15) is 129 Å². The summed E-state index contributed by atoms with van der Waals surface area (Å²) in [7, 11) is 0. The molecule has 1 heterocycles. The standard InChI is InChI=1S/C24H47NO3/c1-3-4-5-6-7-8-9-10-11-12-13-14-15-16-17-19-22(2)27-24(26)28-23-20-18-21-25-23/h22-23,25H,3-21H2,1-2H3. The highest BCUT2D eigenvalue weighted by atomic mass is 16.7. The lowest BCUT2D eigenvalue weighted by atomic mass is 10.0. The lowest BCUT2D eigenvalue weighted by molar-refractivity contribution is -0.00330. The molecule has 0 aliphatic carbocycles. The monoisotopic (exact) mass is 397 g/mol. The highest BCUT2D eigenvalue weighted by molar-refractivity contribution is 5.60. The summed E-state index contributed by atoms with van der Waals surface area (Å²) in [6, 6.07) is 0. The summed E-state index contributed by atoms with van der Waals surface area (Å²) < 4.78 is 10.6. The molecule has 2 unspecified atom stereocenters. The van der Waals surface area contributed by atoms with Gasteiger partial charge in [-0.15, -0.1) is 0 Å². The summed E-state index contributed by atoms with van der Waals surface area (Å²) in [5, 5.41) is 3.14. The minimum Gasteiger partial charge on any atom is -0.431 e. The van der Waals surface area contributed by atoms with Crippen LogP contribution in [-0.4, -0.2) is 25.0 Å². The Kier molecular flexibility index (Phi) is 16.5. The van der Waals surface area contributed by atoms with Crippen molar-refractivity contribution >= 4 is 6.16 Å². The second-order valence-corrected chi connectivity index (χ2v) is 8.62. The molecule has 0 aromatic heterocycles. The Hall–Kier alpha value is -0.770. The van der Waals surface area contributed by atoms with Gasteiger partial charge in [-0.2, -0.15) is 0 Å². The smallest absolute Gasteiger partial charge is 0.431 e. The predicted octanol–water partition coefficient (Wildman–Crippen LogP) is 7.50. The summed E-state index contributed by atoms with van der Waals surface area (Å²) in [5.74, 6) is 0.